The molecule has 1 N–H and O–H groups in total. The summed E-state index contributed by atoms with van der Waals surface area (Å²) in [6.45, 7) is 3.98. The number of hydrogen-bond donors (Lipinski definition) is 1. The van der Waals surface area contributed by atoms with Crippen LogP contribution in [-0.4, -0.2) is 5.11 Å². The number of rotatable bonds is 4. The lowest BCUT2D eigenvalue weighted by molar-refractivity contribution is 0.199. The number of ether oxygens (including phenoxy) is 1. The van der Waals surface area contributed by atoms with Gasteiger partial charge in [-0.1, -0.05) is 18.2 Å². The monoisotopic (exact) mass is 260 g/mol. The molecule has 2 aromatic carbocycles. The summed E-state index contributed by atoms with van der Waals surface area (Å²) in [4.78, 5) is 0. The van der Waals surface area contributed by atoms with Gasteiger partial charge < -0.3 is 9.84 Å². The molecule has 1 atom stereocenters. The number of benzene rings is 2. The van der Waals surface area contributed by atoms with Crippen molar-refractivity contribution in [1.82, 2.24) is 0 Å². The fourth-order valence-corrected chi connectivity index (χ4v) is 1.82. The number of aliphatic hydroxyl groups is 1. The fraction of sp³-hybridized carbons (Fsp3) is 0.250. The molecule has 0 heterocycles. The Hall–Kier alpha value is -1.87. The van der Waals surface area contributed by atoms with Gasteiger partial charge in [0.1, 0.15) is 18.2 Å². The number of aryl methyl sites for hydroxylation is 1. The lowest BCUT2D eigenvalue weighted by Gasteiger charge is -2.10. The molecule has 2 aromatic rings. The Bertz CT molecular complexity index is 547. The molecule has 0 aliphatic rings. The molecule has 0 saturated carbocycles. The van der Waals surface area contributed by atoms with Crippen molar-refractivity contribution in [1.29, 1.82) is 0 Å². The van der Waals surface area contributed by atoms with Gasteiger partial charge in [-0.15, -0.1) is 0 Å². The van der Waals surface area contributed by atoms with Gasteiger partial charge in [-0.05, 0) is 54.8 Å². The van der Waals surface area contributed by atoms with Crippen LogP contribution in [0.5, 0.6) is 5.75 Å². The largest absolute Gasteiger partial charge is 0.489 e. The summed E-state index contributed by atoms with van der Waals surface area (Å²) in [6.07, 6.45) is -0.478. The minimum absolute atomic E-state index is 0.234. The normalized spacial score (nSPS) is 12.2. The smallest absolute Gasteiger partial charge is 0.123 e. The van der Waals surface area contributed by atoms with E-state index in [-0.39, 0.29) is 5.82 Å². The summed E-state index contributed by atoms with van der Waals surface area (Å²) in [6, 6.07) is 12.0. The molecule has 0 spiro atoms. The zero-order chi connectivity index (χ0) is 13.8. The molecule has 0 radical (unpaired) electrons. The summed E-state index contributed by atoms with van der Waals surface area (Å²) in [5.41, 5.74) is 2.69. The van der Waals surface area contributed by atoms with E-state index in [0.717, 1.165) is 22.4 Å². The Morgan fingerprint density at radius 2 is 1.84 bits per heavy atom. The lowest BCUT2D eigenvalue weighted by Crippen LogP contribution is -1.99. The van der Waals surface area contributed by atoms with Gasteiger partial charge in [0.15, 0.2) is 0 Å². The zero-order valence-corrected chi connectivity index (χ0v) is 11.1. The van der Waals surface area contributed by atoms with Crippen LogP contribution in [0.2, 0.25) is 0 Å². The Morgan fingerprint density at radius 1 is 1.16 bits per heavy atom. The molecule has 0 aliphatic carbocycles. The second kappa shape index (κ2) is 5.85. The average molecular weight is 260 g/mol. The Labute approximate surface area is 112 Å². The van der Waals surface area contributed by atoms with Crippen molar-refractivity contribution in [2.24, 2.45) is 0 Å². The molecule has 3 heteroatoms. The maximum absolute atomic E-state index is 13.0. The summed E-state index contributed by atoms with van der Waals surface area (Å²) in [5.74, 6) is 0.496. The molecule has 0 saturated heterocycles. The molecule has 0 bridgehead atoms. The molecular weight excluding hydrogens is 243 g/mol. The molecule has 0 aromatic heterocycles. The summed E-state index contributed by atoms with van der Waals surface area (Å²) in [5, 5.41) is 9.41. The van der Waals surface area contributed by atoms with E-state index in [0.29, 0.717) is 6.61 Å². The van der Waals surface area contributed by atoms with E-state index in [4.69, 9.17) is 4.74 Å². The highest BCUT2D eigenvalue weighted by Gasteiger charge is 2.03. The first-order chi connectivity index (χ1) is 9.06. The topological polar surface area (TPSA) is 29.5 Å². The van der Waals surface area contributed by atoms with Crippen LogP contribution < -0.4 is 4.74 Å². The zero-order valence-electron chi connectivity index (χ0n) is 11.1. The predicted molar refractivity (Wildman–Crippen MR) is 72.5 cm³/mol. The van der Waals surface area contributed by atoms with Crippen LogP contribution in [0.15, 0.2) is 42.5 Å². The molecule has 0 unspecified atom stereocenters. The third-order valence-electron chi connectivity index (χ3n) is 3.06. The fourth-order valence-electron chi connectivity index (χ4n) is 1.82. The van der Waals surface area contributed by atoms with Crippen LogP contribution in [-0.2, 0) is 6.61 Å². The van der Waals surface area contributed by atoms with Crippen LogP contribution in [0.4, 0.5) is 4.39 Å². The maximum Gasteiger partial charge on any atom is 0.123 e. The van der Waals surface area contributed by atoms with Crippen molar-refractivity contribution in [3.8, 4) is 5.75 Å². The molecule has 0 aliphatic heterocycles. The van der Waals surface area contributed by atoms with Gasteiger partial charge >= 0.3 is 0 Å². The van der Waals surface area contributed by atoms with Gasteiger partial charge in [-0.2, -0.15) is 0 Å². The molecule has 19 heavy (non-hydrogen) atoms. The van der Waals surface area contributed by atoms with E-state index in [2.05, 4.69) is 0 Å². The predicted octanol–water partition coefficient (Wildman–Crippen LogP) is 3.77. The average Bonchev–Trinajstić information content (AvgIpc) is 2.38. The highest BCUT2D eigenvalue weighted by molar-refractivity contribution is 5.30. The number of hydrogen-bond acceptors (Lipinski definition) is 2. The van der Waals surface area contributed by atoms with Gasteiger partial charge in [0.05, 0.1) is 6.10 Å². The highest BCUT2D eigenvalue weighted by Crippen LogP contribution is 2.19. The third-order valence-corrected chi connectivity index (χ3v) is 3.06. The van der Waals surface area contributed by atoms with Crippen molar-refractivity contribution < 1.29 is 14.2 Å². The van der Waals surface area contributed by atoms with E-state index in [1.54, 1.807) is 13.0 Å². The van der Waals surface area contributed by atoms with Gasteiger partial charge in [-0.25, -0.2) is 4.39 Å². The van der Waals surface area contributed by atoms with Gasteiger partial charge in [-0.3, -0.25) is 0 Å². The Kier molecular flexibility index (Phi) is 4.17. The van der Waals surface area contributed by atoms with E-state index in [1.165, 1.54) is 12.1 Å². The van der Waals surface area contributed by atoms with Crippen molar-refractivity contribution >= 4 is 0 Å². The first kappa shape index (κ1) is 13.6. The standard InChI is InChI=1S/C16H17FO2/c1-11-9-15(17)6-3-14(11)10-19-16-7-4-13(5-8-16)12(2)18/h3-9,12,18H,10H2,1-2H3/t12-/m1/s1. The Morgan fingerprint density at radius 3 is 2.42 bits per heavy atom. The van der Waals surface area contributed by atoms with E-state index in [9.17, 15) is 9.50 Å². The van der Waals surface area contributed by atoms with Gasteiger partial charge in [0, 0.05) is 0 Å². The van der Waals surface area contributed by atoms with Crippen molar-refractivity contribution in [3.63, 3.8) is 0 Å². The van der Waals surface area contributed by atoms with Crippen LogP contribution in [0, 0.1) is 12.7 Å². The minimum Gasteiger partial charge on any atom is -0.489 e. The lowest BCUT2D eigenvalue weighted by atomic mass is 10.1. The van der Waals surface area contributed by atoms with Crippen LogP contribution in [0.25, 0.3) is 0 Å². The highest BCUT2D eigenvalue weighted by atomic mass is 19.1. The summed E-state index contributed by atoms with van der Waals surface area (Å²) < 4.78 is 18.6. The van der Waals surface area contributed by atoms with E-state index in [1.807, 2.05) is 31.2 Å². The van der Waals surface area contributed by atoms with Crippen molar-refractivity contribution in [2.45, 2.75) is 26.6 Å². The summed E-state index contributed by atoms with van der Waals surface area (Å²) in [7, 11) is 0. The SMILES string of the molecule is Cc1cc(F)ccc1COc1ccc([C@@H](C)O)cc1. The first-order valence-corrected chi connectivity index (χ1v) is 6.22. The molecular formula is C16H17FO2. The molecule has 2 rings (SSSR count). The van der Waals surface area contributed by atoms with Crippen molar-refractivity contribution in [2.75, 3.05) is 0 Å². The first-order valence-electron chi connectivity index (χ1n) is 6.22. The van der Waals surface area contributed by atoms with Gasteiger partial charge in [0.25, 0.3) is 0 Å². The van der Waals surface area contributed by atoms with E-state index < -0.39 is 6.10 Å². The van der Waals surface area contributed by atoms with E-state index >= 15 is 0 Å². The third kappa shape index (κ3) is 3.55. The second-order valence-electron chi connectivity index (χ2n) is 4.60. The molecule has 0 fully saturated rings. The van der Waals surface area contributed by atoms with Crippen LogP contribution >= 0.6 is 0 Å². The van der Waals surface area contributed by atoms with Crippen LogP contribution in [0.1, 0.15) is 29.7 Å². The Balaban J connectivity index is 2.02. The maximum atomic E-state index is 13.0. The van der Waals surface area contributed by atoms with Crippen LogP contribution in [0.3, 0.4) is 0 Å². The molecule has 2 nitrogen and oxygen atoms in total. The quantitative estimate of drug-likeness (QED) is 0.906. The van der Waals surface area contributed by atoms with Crippen molar-refractivity contribution in [3.05, 3.63) is 65.0 Å². The molecule has 100 valence electrons. The minimum atomic E-state index is -0.478. The number of halogens is 1. The molecule has 0 amide bonds. The number of aliphatic hydroxyl groups excluding tert-OH is 1. The summed E-state index contributed by atoms with van der Waals surface area (Å²) >= 11 is 0. The second-order valence-corrected chi connectivity index (χ2v) is 4.60. The van der Waals surface area contributed by atoms with Gasteiger partial charge in [0.2, 0.25) is 0 Å².